The van der Waals surface area contributed by atoms with E-state index < -0.39 is 52.8 Å². The van der Waals surface area contributed by atoms with Crippen molar-refractivity contribution in [3.8, 4) is 0 Å². The second-order valence-corrected chi connectivity index (χ2v) is 25.1. The zero-order valence-electron chi connectivity index (χ0n) is 36.9. The highest BCUT2D eigenvalue weighted by Crippen LogP contribution is 2.75. The van der Waals surface area contributed by atoms with Crippen LogP contribution in [-0.2, 0) is 19.9 Å². The molecule has 354 valence electrons. The van der Waals surface area contributed by atoms with Gasteiger partial charge in [0.05, 0.1) is 16.7 Å². The summed E-state index contributed by atoms with van der Waals surface area (Å²) in [7, 11) is -10.9. The molecule has 1 atom stereocenters. The lowest BCUT2D eigenvalue weighted by atomic mass is 9.39. The number of aliphatic hydroxyl groups excluding tert-OH is 1. The molecule has 11 nitrogen and oxygen atoms in total. The molecular formula is C47H59ClF3N5O6S3. The number of halogens is 4. The highest BCUT2D eigenvalue weighted by atomic mass is 35.5. The van der Waals surface area contributed by atoms with Crippen molar-refractivity contribution in [3.05, 3.63) is 89.5 Å². The Morgan fingerprint density at radius 2 is 1.57 bits per heavy atom. The summed E-state index contributed by atoms with van der Waals surface area (Å²) in [6, 6.07) is 17.7. The Hall–Kier alpha value is -3.32. The maximum atomic E-state index is 14.2. The number of benzene rings is 3. The quantitative estimate of drug-likeness (QED) is 0.0726. The molecule has 3 N–H and O–H groups in total. The number of likely N-dealkylation sites (tertiary alicyclic amines) is 1. The molecule has 3 saturated carbocycles. The van der Waals surface area contributed by atoms with Gasteiger partial charge in [-0.05, 0) is 123 Å². The number of rotatable bonds is 16. The minimum absolute atomic E-state index is 0.00590. The molecule has 1 amide bonds. The van der Waals surface area contributed by atoms with Crippen LogP contribution < -0.4 is 14.9 Å². The number of hydrogen-bond donors (Lipinski definition) is 3. The number of piperazine rings is 1. The van der Waals surface area contributed by atoms with Gasteiger partial charge >= 0.3 is 5.51 Å². The summed E-state index contributed by atoms with van der Waals surface area (Å²) in [5.41, 5.74) is -1.41. The third-order valence-corrected chi connectivity index (χ3v) is 18.5. The number of amides is 1. The van der Waals surface area contributed by atoms with Crippen LogP contribution in [0.3, 0.4) is 0 Å². The first-order valence-corrected chi connectivity index (χ1v) is 26.8. The van der Waals surface area contributed by atoms with Gasteiger partial charge in [-0.1, -0.05) is 43.2 Å². The smallest absolute Gasteiger partial charge is 0.393 e. The van der Waals surface area contributed by atoms with Gasteiger partial charge in [0, 0.05) is 85.2 Å². The molecule has 2 bridgehead atoms. The standard InChI is InChI=1S/C47H59ClF3N5O6S3/c1-44(2)18-14-34(40(27-44)45-30-46(48,31-45)32-45)28-55-22-24-56(25-23-55)36-10-8-33(9-11-36)43(58)53-65(61,62)39-12-13-41(42(26-39)64(59,60)47(49,50)51)52-35(29-63-38-6-4-3-5-7-38)15-19-54-20-16-37(57)17-21-54/h3-13,26,35,37,52,57H,14-25,27-32H2,1-2H3,(H,53,58)/t35-,45?,46?/m1/s1. The van der Waals surface area contributed by atoms with Crippen LogP contribution in [0.5, 0.6) is 0 Å². The summed E-state index contributed by atoms with van der Waals surface area (Å²) >= 11 is 8.13. The van der Waals surface area contributed by atoms with E-state index in [1.165, 1.54) is 30.3 Å². The second-order valence-electron chi connectivity index (χ2n) is 19.6. The number of piperidine rings is 1. The average Bonchev–Trinajstić information content (AvgIpc) is 3.24. The highest BCUT2D eigenvalue weighted by molar-refractivity contribution is 7.99. The van der Waals surface area contributed by atoms with Gasteiger partial charge in [0.15, 0.2) is 0 Å². The van der Waals surface area contributed by atoms with E-state index in [1.54, 1.807) is 23.3 Å². The molecule has 2 heterocycles. The van der Waals surface area contributed by atoms with Crippen LogP contribution in [0.25, 0.3) is 0 Å². The molecule has 0 aromatic heterocycles. The predicted octanol–water partition coefficient (Wildman–Crippen LogP) is 8.31. The van der Waals surface area contributed by atoms with E-state index in [0.29, 0.717) is 61.5 Å². The van der Waals surface area contributed by atoms with Crippen LogP contribution in [0, 0.1) is 10.8 Å². The third-order valence-electron chi connectivity index (χ3n) is 14.1. The molecular weight excluding hydrogens is 919 g/mol. The summed E-state index contributed by atoms with van der Waals surface area (Å²) in [4.78, 5) is 19.1. The molecule has 0 radical (unpaired) electrons. The molecule has 4 aliphatic carbocycles. The van der Waals surface area contributed by atoms with E-state index in [1.807, 2.05) is 35.1 Å². The number of carbonyl (C=O) groups is 1. The fraction of sp³-hybridized carbons (Fsp3) is 0.553. The Balaban J connectivity index is 0.922. The molecule has 3 aromatic rings. The van der Waals surface area contributed by atoms with Crippen molar-refractivity contribution in [3.63, 3.8) is 0 Å². The number of alkyl halides is 4. The molecule has 0 spiro atoms. The van der Waals surface area contributed by atoms with Crippen molar-refractivity contribution in [2.75, 3.05) is 68.3 Å². The van der Waals surface area contributed by atoms with Crippen molar-refractivity contribution in [1.29, 1.82) is 0 Å². The molecule has 18 heteroatoms. The van der Waals surface area contributed by atoms with Crippen molar-refractivity contribution in [2.45, 2.75) is 109 Å². The fourth-order valence-corrected chi connectivity index (χ4v) is 14.1. The van der Waals surface area contributed by atoms with Gasteiger partial charge in [-0.2, -0.15) is 13.2 Å². The fourth-order valence-electron chi connectivity index (χ4n) is 10.3. The van der Waals surface area contributed by atoms with Crippen LogP contribution >= 0.6 is 23.4 Å². The Morgan fingerprint density at radius 1 is 0.908 bits per heavy atom. The normalized spacial score (nSPS) is 24.8. The monoisotopic (exact) mass is 977 g/mol. The minimum Gasteiger partial charge on any atom is -0.393 e. The van der Waals surface area contributed by atoms with Gasteiger partial charge < -0.3 is 20.2 Å². The van der Waals surface area contributed by atoms with E-state index in [9.17, 15) is 39.9 Å². The molecule has 2 aliphatic heterocycles. The summed E-state index contributed by atoms with van der Waals surface area (Å²) in [5.74, 6) is -0.665. The van der Waals surface area contributed by atoms with E-state index >= 15 is 0 Å². The summed E-state index contributed by atoms with van der Waals surface area (Å²) in [6.07, 6.45) is 7.98. The summed E-state index contributed by atoms with van der Waals surface area (Å²) in [6.45, 7) is 10.8. The summed E-state index contributed by atoms with van der Waals surface area (Å²) < 4.78 is 97.8. The van der Waals surface area contributed by atoms with Crippen molar-refractivity contribution >= 4 is 60.5 Å². The number of allylic oxidation sites excluding steroid dienone is 1. The van der Waals surface area contributed by atoms with Crippen LogP contribution in [0.1, 0.15) is 82.0 Å². The minimum atomic E-state index is -6.06. The number of nitrogens with one attached hydrogen (secondary N) is 2. The number of aliphatic hydroxyl groups is 1. The SMILES string of the molecule is CC1(C)CCC(CN2CCN(c3ccc(C(=O)NS(=O)(=O)c4ccc(N[C@H](CCN5CCC(O)CC5)CSc5ccccc5)c(S(=O)(=O)C(F)(F)F)c4)cc3)CC2)=C(C23CC(Cl)(C2)C3)C1. The van der Waals surface area contributed by atoms with Gasteiger partial charge in [-0.25, -0.2) is 21.6 Å². The topological polar surface area (TPSA) is 139 Å². The van der Waals surface area contributed by atoms with Gasteiger partial charge in [0.2, 0.25) is 0 Å². The Bertz CT molecular complexity index is 2460. The van der Waals surface area contributed by atoms with Gasteiger partial charge in [-0.3, -0.25) is 9.69 Å². The Labute approximate surface area is 390 Å². The molecule has 2 saturated heterocycles. The largest absolute Gasteiger partial charge is 0.501 e. The van der Waals surface area contributed by atoms with E-state index in [4.69, 9.17) is 11.6 Å². The molecule has 65 heavy (non-hydrogen) atoms. The number of anilines is 2. The maximum absolute atomic E-state index is 14.2. The van der Waals surface area contributed by atoms with Crippen molar-refractivity contribution in [2.24, 2.45) is 10.8 Å². The number of nitrogens with zero attached hydrogens (tertiary/aromatic N) is 3. The molecule has 6 aliphatic rings. The number of sulfonamides is 1. The van der Waals surface area contributed by atoms with E-state index in [-0.39, 0.29) is 16.5 Å². The lowest BCUT2D eigenvalue weighted by Gasteiger charge is -2.70. The highest BCUT2D eigenvalue weighted by Gasteiger charge is 2.69. The number of sulfone groups is 1. The van der Waals surface area contributed by atoms with E-state index in [2.05, 4.69) is 33.9 Å². The lowest BCUT2D eigenvalue weighted by Crippen LogP contribution is -2.65. The first-order valence-electron chi connectivity index (χ1n) is 22.5. The van der Waals surface area contributed by atoms with Gasteiger partial charge in [0.25, 0.3) is 25.8 Å². The van der Waals surface area contributed by atoms with Crippen LogP contribution in [0.4, 0.5) is 24.5 Å². The predicted molar refractivity (Wildman–Crippen MR) is 250 cm³/mol. The zero-order chi connectivity index (χ0) is 46.4. The number of carbonyl (C=O) groups excluding carboxylic acids is 1. The Kier molecular flexibility index (Phi) is 13.8. The number of hydrogen-bond acceptors (Lipinski definition) is 11. The maximum Gasteiger partial charge on any atom is 0.501 e. The molecule has 5 fully saturated rings. The van der Waals surface area contributed by atoms with Crippen LogP contribution in [0.2, 0.25) is 0 Å². The lowest BCUT2D eigenvalue weighted by molar-refractivity contribution is -0.0535. The van der Waals surface area contributed by atoms with Crippen molar-refractivity contribution in [1.82, 2.24) is 14.5 Å². The zero-order valence-corrected chi connectivity index (χ0v) is 40.1. The molecule has 0 unspecified atom stereocenters. The van der Waals surface area contributed by atoms with Crippen LogP contribution in [0.15, 0.2) is 98.6 Å². The molecule has 9 rings (SSSR count). The Morgan fingerprint density at radius 3 is 2.20 bits per heavy atom. The summed E-state index contributed by atoms with van der Waals surface area (Å²) in [5, 5.41) is 12.9. The van der Waals surface area contributed by atoms with Gasteiger partial charge in [0.1, 0.15) is 4.90 Å². The molecule has 3 aromatic carbocycles. The second kappa shape index (κ2) is 18.6. The van der Waals surface area contributed by atoms with E-state index in [0.717, 1.165) is 87.5 Å². The van der Waals surface area contributed by atoms with Crippen molar-refractivity contribution < 1.29 is 39.9 Å². The first kappa shape index (κ1) is 48.1. The average molecular weight is 979 g/mol. The van der Waals surface area contributed by atoms with Gasteiger partial charge in [-0.15, -0.1) is 23.4 Å². The first-order chi connectivity index (χ1) is 30.6. The third kappa shape index (κ3) is 10.9. The number of thioether (sulfide) groups is 1. The van der Waals surface area contributed by atoms with Crippen LogP contribution in [-0.4, -0.2) is 118 Å².